The van der Waals surface area contributed by atoms with Crippen LogP contribution >= 0.6 is 11.6 Å². The standard InChI is InChI=1S/C19H21ClN4O/c1-22-8-10-23(11-9-22)18-12-15(4-6-21-18)19(25)24-7-5-14-2-3-16(20)13-17(14)24/h2-4,6,12-13H,5,7-11H2,1H3. The number of piperazine rings is 1. The molecule has 130 valence electrons. The molecule has 3 heterocycles. The Hall–Kier alpha value is -2.11. The first-order valence-electron chi connectivity index (χ1n) is 8.62. The van der Waals surface area contributed by atoms with Gasteiger partial charge >= 0.3 is 0 Å². The zero-order valence-corrected chi connectivity index (χ0v) is 15.0. The number of pyridine rings is 1. The molecule has 0 unspecified atom stereocenters. The molecule has 0 atom stereocenters. The molecule has 1 aromatic heterocycles. The van der Waals surface area contributed by atoms with Crippen molar-refractivity contribution in [3.05, 3.63) is 52.7 Å². The van der Waals surface area contributed by atoms with Gasteiger partial charge in [0.15, 0.2) is 0 Å². The molecule has 5 nitrogen and oxygen atoms in total. The Morgan fingerprint density at radius 1 is 1.08 bits per heavy atom. The summed E-state index contributed by atoms with van der Waals surface area (Å²) in [6.45, 7) is 4.59. The Labute approximate surface area is 152 Å². The predicted molar refractivity (Wildman–Crippen MR) is 101 cm³/mol. The second-order valence-corrected chi connectivity index (χ2v) is 7.11. The van der Waals surface area contributed by atoms with Gasteiger partial charge in [-0.25, -0.2) is 4.98 Å². The molecule has 1 amide bonds. The molecule has 4 rings (SSSR count). The number of anilines is 2. The van der Waals surface area contributed by atoms with E-state index < -0.39 is 0 Å². The van der Waals surface area contributed by atoms with Crippen LogP contribution in [0.3, 0.4) is 0 Å². The highest BCUT2D eigenvalue weighted by atomic mass is 35.5. The Morgan fingerprint density at radius 2 is 1.88 bits per heavy atom. The molecular formula is C19H21ClN4O. The molecule has 2 aliphatic rings. The van der Waals surface area contributed by atoms with E-state index in [1.165, 1.54) is 5.56 Å². The lowest BCUT2D eigenvalue weighted by atomic mass is 10.1. The molecule has 6 heteroatoms. The van der Waals surface area contributed by atoms with E-state index in [9.17, 15) is 4.79 Å². The number of fused-ring (bicyclic) bond motifs is 1. The van der Waals surface area contributed by atoms with Crippen LogP contribution in [0.15, 0.2) is 36.5 Å². The van der Waals surface area contributed by atoms with Crippen molar-refractivity contribution >= 4 is 29.0 Å². The first kappa shape index (κ1) is 16.4. The SMILES string of the molecule is CN1CCN(c2cc(C(=O)N3CCc4ccc(Cl)cc43)ccn2)CC1. The van der Waals surface area contributed by atoms with Gasteiger partial charge in [-0.1, -0.05) is 17.7 Å². The van der Waals surface area contributed by atoms with Gasteiger partial charge in [0.1, 0.15) is 5.82 Å². The van der Waals surface area contributed by atoms with Gasteiger partial charge in [0.2, 0.25) is 0 Å². The molecular weight excluding hydrogens is 336 g/mol. The molecule has 0 aliphatic carbocycles. The Bertz CT molecular complexity index is 802. The Balaban J connectivity index is 1.58. The third-order valence-corrected chi connectivity index (χ3v) is 5.24. The molecule has 0 radical (unpaired) electrons. The normalized spacial score (nSPS) is 17.7. The number of carbonyl (C=O) groups is 1. The average molecular weight is 357 g/mol. The molecule has 0 bridgehead atoms. The third-order valence-electron chi connectivity index (χ3n) is 5.01. The van der Waals surface area contributed by atoms with Crippen LogP contribution in [-0.4, -0.2) is 55.6 Å². The highest BCUT2D eigenvalue weighted by molar-refractivity contribution is 6.31. The van der Waals surface area contributed by atoms with Crippen LogP contribution in [0, 0.1) is 0 Å². The van der Waals surface area contributed by atoms with Gasteiger partial charge in [0, 0.05) is 55.2 Å². The number of nitrogens with zero attached hydrogens (tertiary/aromatic N) is 4. The number of halogens is 1. The first-order chi connectivity index (χ1) is 12.1. The molecule has 0 N–H and O–H groups in total. The molecule has 1 fully saturated rings. The summed E-state index contributed by atoms with van der Waals surface area (Å²) in [6.07, 6.45) is 2.60. The van der Waals surface area contributed by atoms with E-state index in [0.717, 1.165) is 44.1 Å². The number of likely N-dealkylation sites (N-methyl/N-ethyl adjacent to an activating group) is 1. The zero-order valence-electron chi connectivity index (χ0n) is 14.3. The number of hydrogen-bond acceptors (Lipinski definition) is 4. The summed E-state index contributed by atoms with van der Waals surface area (Å²) >= 11 is 6.12. The minimum atomic E-state index is 0.0128. The summed E-state index contributed by atoms with van der Waals surface area (Å²) in [5, 5.41) is 0.659. The van der Waals surface area contributed by atoms with Crippen molar-refractivity contribution in [3.8, 4) is 0 Å². The van der Waals surface area contributed by atoms with E-state index in [2.05, 4.69) is 21.8 Å². The fourth-order valence-corrected chi connectivity index (χ4v) is 3.65. The van der Waals surface area contributed by atoms with E-state index in [4.69, 9.17) is 11.6 Å². The highest BCUT2D eigenvalue weighted by Crippen LogP contribution is 2.32. The topological polar surface area (TPSA) is 39.7 Å². The van der Waals surface area contributed by atoms with Crippen molar-refractivity contribution in [2.24, 2.45) is 0 Å². The predicted octanol–water partition coefficient (Wildman–Crippen LogP) is 2.69. The maximum atomic E-state index is 13.0. The molecule has 1 aromatic carbocycles. The largest absolute Gasteiger partial charge is 0.354 e. The highest BCUT2D eigenvalue weighted by Gasteiger charge is 2.26. The van der Waals surface area contributed by atoms with E-state index in [-0.39, 0.29) is 5.91 Å². The summed E-state index contributed by atoms with van der Waals surface area (Å²) in [6, 6.07) is 9.48. The van der Waals surface area contributed by atoms with Crippen molar-refractivity contribution in [2.75, 3.05) is 49.6 Å². The van der Waals surface area contributed by atoms with E-state index >= 15 is 0 Å². The van der Waals surface area contributed by atoms with Crippen molar-refractivity contribution < 1.29 is 4.79 Å². The van der Waals surface area contributed by atoms with Crippen LogP contribution < -0.4 is 9.80 Å². The molecule has 2 aromatic rings. The number of carbonyl (C=O) groups excluding carboxylic acids is 1. The second kappa shape index (κ2) is 6.65. The van der Waals surface area contributed by atoms with Gasteiger partial charge in [-0.05, 0) is 43.3 Å². The lowest BCUT2D eigenvalue weighted by molar-refractivity contribution is 0.0989. The second-order valence-electron chi connectivity index (χ2n) is 6.67. The fourth-order valence-electron chi connectivity index (χ4n) is 3.48. The van der Waals surface area contributed by atoms with Crippen molar-refractivity contribution in [3.63, 3.8) is 0 Å². The van der Waals surface area contributed by atoms with Crippen molar-refractivity contribution in [2.45, 2.75) is 6.42 Å². The van der Waals surface area contributed by atoms with Crippen molar-refractivity contribution in [1.82, 2.24) is 9.88 Å². The summed E-state index contributed by atoms with van der Waals surface area (Å²) in [5.74, 6) is 0.892. The van der Waals surface area contributed by atoms with E-state index in [1.807, 2.05) is 29.2 Å². The maximum absolute atomic E-state index is 13.0. The van der Waals surface area contributed by atoms with Crippen LogP contribution in [0.4, 0.5) is 11.5 Å². The van der Waals surface area contributed by atoms with Crippen LogP contribution in [-0.2, 0) is 6.42 Å². The minimum Gasteiger partial charge on any atom is -0.354 e. The number of aromatic nitrogens is 1. The summed E-state index contributed by atoms with van der Waals surface area (Å²) < 4.78 is 0. The van der Waals surface area contributed by atoms with Crippen LogP contribution in [0.25, 0.3) is 0 Å². The molecule has 1 saturated heterocycles. The smallest absolute Gasteiger partial charge is 0.258 e. The van der Waals surface area contributed by atoms with E-state index in [1.54, 1.807) is 12.3 Å². The van der Waals surface area contributed by atoms with Gasteiger partial charge < -0.3 is 14.7 Å². The number of amides is 1. The molecule has 0 saturated carbocycles. The Kier molecular flexibility index (Phi) is 4.36. The molecule has 0 spiro atoms. The molecule has 2 aliphatic heterocycles. The number of rotatable bonds is 2. The van der Waals surface area contributed by atoms with Gasteiger partial charge in [-0.15, -0.1) is 0 Å². The van der Waals surface area contributed by atoms with E-state index in [0.29, 0.717) is 17.1 Å². The average Bonchev–Trinajstić information content (AvgIpc) is 3.05. The van der Waals surface area contributed by atoms with Gasteiger partial charge in [-0.2, -0.15) is 0 Å². The van der Waals surface area contributed by atoms with Gasteiger partial charge in [-0.3, -0.25) is 4.79 Å². The lowest BCUT2D eigenvalue weighted by Crippen LogP contribution is -2.44. The maximum Gasteiger partial charge on any atom is 0.258 e. The van der Waals surface area contributed by atoms with Gasteiger partial charge in [0.25, 0.3) is 5.91 Å². The number of hydrogen-bond donors (Lipinski definition) is 0. The molecule has 25 heavy (non-hydrogen) atoms. The van der Waals surface area contributed by atoms with Crippen molar-refractivity contribution in [1.29, 1.82) is 0 Å². The monoisotopic (exact) mass is 356 g/mol. The summed E-state index contributed by atoms with van der Waals surface area (Å²) in [5.41, 5.74) is 2.78. The zero-order chi connectivity index (χ0) is 17.4. The third kappa shape index (κ3) is 3.22. The Morgan fingerprint density at radius 3 is 2.68 bits per heavy atom. The van der Waals surface area contributed by atoms with Crippen LogP contribution in [0.1, 0.15) is 15.9 Å². The fraction of sp³-hybridized carbons (Fsp3) is 0.368. The van der Waals surface area contributed by atoms with Crippen LogP contribution in [0.2, 0.25) is 5.02 Å². The number of benzene rings is 1. The quantitative estimate of drug-likeness (QED) is 0.829. The summed E-state index contributed by atoms with van der Waals surface area (Å²) in [4.78, 5) is 23.9. The summed E-state index contributed by atoms with van der Waals surface area (Å²) in [7, 11) is 2.13. The first-order valence-corrected chi connectivity index (χ1v) is 8.99. The van der Waals surface area contributed by atoms with Crippen LogP contribution in [0.5, 0.6) is 0 Å². The lowest BCUT2D eigenvalue weighted by Gasteiger charge is -2.33. The van der Waals surface area contributed by atoms with Gasteiger partial charge in [0.05, 0.1) is 0 Å². The minimum absolute atomic E-state index is 0.0128.